The predicted molar refractivity (Wildman–Crippen MR) is 43.3 cm³/mol. The molecule has 1 aromatic rings. The van der Waals surface area contributed by atoms with Crippen molar-refractivity contribution in [3.8, 4) is 12.1 Å². The Kier molecular flexibility index (Phi) is 2.91. The van der Waals surface area contributed by atoms with Gasteiger partial charge in [0.05, 0.1) is 12.5 Å². The minimum Gasteiger partial charge on any atom is -0.232 e. The first-order valence-corrected chi connectivity index (χ1v) is 3.83. The van der Waals surface area contributed by atoms with Crippen LogP contribution in [0.1, 0.15) is 17.0 Å². The van der Waals surface area contributed by atoms with Crippen LogP contribution in [0.25, 0.3) is 0 Å². The summed E-state index contributed by atoms with van der Waals surface area (Å²) >= 11 is 0. The summed E-state index contributed by atoms with van der Waals surface area (Å²) in [7, 11) is 0. The molecule has 0 saturated carbocycles. The maximum atomic E-state index is 12.2. The highest BCUT2D eigenvalue weighted by Crippen LogP contribution is 2.28. The highest BCUT2D eigenvalue weighted by Gasteiger charge is 2.32. The normalized spacial score (nSPS) is 10.5. The van der Waals surface area contributed by atoms with Crippen molar-refractivity contribution in [3.05, 3.63) is 29.1 Å². The van der Waals surface area contributed by atoms with E-state index >= 15 is 0 Å². The van der Waals surface area contributed by atoms with Crippen LogP contribution in [0.4, 0.5) is 13.2 Å². The van der Waals surface area contributed by atoms with Gasteiger partial charge in [-0.15, -0.1) is 0 Å². The van der Waals surface area contributed by atoms with Gasteiger partial charge in [-0.2, -0.15) is 23.7 Å². The van der Waals surface area contributed by atoms with Crippen LogP contribution in [0.3, 0.4) is 0 Å². The van der Waals surface area contributed by atoms with Crippen molar-refractivity contribution >= 4 is 0 Å². The molecule has 0 radical (unpaired) electrons. The molecule has 0 spiro atoms. The molecule has 0 fully saturated rings. The van der Waals surface area contributed by atoms with E-state index in [-0.39, 0.29) is 17.7 Å². The number of halogens is 3. The molecule has 15 heavy (non-hydrogen) atoms. The Morgan fingerprint density at radius 1 is 1.27 bits per heavy atom. The molecule has 0 unspecified atom stereocenters. The average molecular weight is 211 g/mol. The summed E-state index contributed by atoms with van der Waals surface area (Å²) in [5.41, 5.74) is -1.28. The second-order valence-corrected chi connectivity index (χ2v) is 2.65. The molecule has 0 atom stereocenters. The Labute approximate surface area is 83.4 Å². The summed E-state index contributed by atoms with van der Waals surface area (Å²) in [6.07, 6.45) is -4.70. The molecule has 1 aromatic heterocycles. The lowest BCUT2D eigenvalue weighted by molar-refractivity contribution is -0.141. The van der Waals surface area contributed by atoms with Crippen LogP contribution in [0, 0.1) is 22.7 Å². The van der Waals surface area contributed by atoms with E-state index in [1.807, 2.05) is 0 Å². The maximum Gasteiger partial charge on any atom is 0.433 e. The van der Waals surface area contributed by atoms with Crippen molar-refractivity contribution in [2.75, 3.05) is 0 Å². The fraction of sp³-hybridized carbons (Fsp3) is 0.222. The number of nitrogens with zero attached hydrogens (tertiary/aromatic N) is 3. The van der Waals surface area contributed by atoms with E-state index in [2.05, 4.69) is 4.98 Å². The van der Waals surface area contributed by atoms with Gasteiger partial charge in [-0.1, -0.05) is 6.07 Å². The number of alkyl halides is 3. The lowest BCUT2D eigenvalue weighted by Crippen LogP contribution is -2.09. The third-order valence-electron chi connectivity index (χ3n) is 1.64. The standard InChI is InChI=1S/C9H4F3N3/c10-9(11,12)8-2-1-6(3-4-13)7(5-14)15-8/h1-2H,3H2. The van der Waals surface area contributed by atoms with E-state index in [9.17, 15) is 13.2 Å². The third kappa shape index (κ3) is 2.44. The monoisotopic (exact) mass is 211 g/mol. The van der Waals surface area contributed by atoms with Gasteiger partial charge >= 0.3 is 6.18 Å². The number of nitriles is 2. The third-order valence-corrected chi connectivity index (χ3v) is 1.64. The van der Waals surface area contributed by atoms with Crippen LogP contribution < -0.4 is 0 Å². The van der Waals surface area contributed by atoms with E-state index in [0.717, 1.165) is 12.1 Å². The summed E-state index contributed by atoms with van der Waals surface area (Å²) < 4.78 is 36.6. The van der Waals surface area contributed by atoms with Crippen LogP contribution in [-0.2, 0) is 12.6 Å². The highest BCUT2D eigenvalue weighted by atomic mass is 19.4. The van der Waals surface area contributed by atoms with Gasteiger partial charge < -0.3 is 0 Å². The lowest BCUT2D eigenvalue weighted by atomic mass is 10.1. The number of hydrogen-bond donors (Lipinski definition) is 0. The van der Waals surface area contributed by atoms with Crippen molar-refractivity contribution in [1.29, 1.82) is 10.5 Å². The van der Waals surface area contributed by atoms with E-state index in [1.165, 1.54) is 6.07 Å². The van der Waals surface area contributed by atoms with Gasteiger partial charge in [0.2, 0.25) is 0 Å². The number of aromatic nitrogens is 1. The minimum atomic E-state index is -4.57. The number of rotatable bonds is 1. The van der Waals surface area contributed by atoms with Gasteiger partial charge in [-0.25, -0.2) is 4.98 Å². The van der Waals surface area contributed by atoms with Crippen LogP contribution in [0.15, 0.2) is 12.1 Å². The molecular weight excluding hydrogens is 207 g/mol. The van der Waals surface area contributed by atoms with Gasteiger partial charge in [0.15, 0.2) is 0 Å². The molecule has 0 saturated heterocycles. The highest BCUT2D eigenvalue weighted by molar-refractivity contribution is 5.34. The zero-order chi connectivity index (χ0) is 11.5. The Balaban J connectivity index is 3.22. The summed E-state index contributed by atoms with van der Waals surface area (Å²) in [5.74, 6) is 0. The van der Waals surface area contributed by atoms with Crippen molar-refractivity contribution in [1.82, 2.24) is 4.98 Å². The van der Waals surface area contributed by atoms with Gasteiger partial charge in [-0.3, -0.25) is 0 Å². The van der Waals surface area contributed by atoms with Gasteiger partial charge in [0.25, 0.3) is 0 Å². The second kappa shape index (κ2) is 3.97. The molecule has 1 rings (SSSR count). The first-order chi connectivity index (χ1) is 6.99. The lowest BCUT2D eigenvalue weighted by Gasteiger charge is -2.06. The second-order valence-electron chi connectivity index (χ2n) is 2.65. The molecule has 1 heterocycles. The Morgan fingerprint density at radius 3 is 2.40 bits per heavy atom. The van der Waals surface area contributed by atoms with E-state index in [0.29, 0.717) is 0 Å². The molecule has 3 nitrogen and oxygen atoms in total. The molecule has 76 valence electrons. The summed E-state index contributed by atoms with van der Waals surface area (Å²) in [5, 5.41) is 16.9. The van der Waals surface area contributed by atoms with Crippen molar-refractivity contribution in [2.45, 2.75) is 12.6 Å². The molecule has 0 bridgehead atoms. The van der Waals surface area contributed by atoms with Crippen LogP contribution >= 0.6 is 0 Å². The smallest absolute Gasteiger partial charge is 0.232 e. The summed E-state index contributed by atoms with van der Waals surface area (Å²) in [6, 6.07) is 5.13. The first kappa shape index (κ1) is 11.0. The summed E-state index contributed by atoms with van der Waals surface area (Å²) in [4.78, 5) is 3.14. The fourth-order valence-electron chi connectivity index (χ4n) is 0.970. The zero-order valence-corrected chi connectivity index (χ0v) is 7.34. The molecule has 0 aliphatic carbocycles. The predicted octanol–water partition coefficient (Wildman–Crippen LogP) is 2.04. The molecule has 0 amide bonds. The fourth-order valence-corrected chi connectivity index (χ4v) is 0.970. The first-order valence-electron chi connectivity index (χ1n) is 3.83. The van der Waals surface area contributed by atoms with Crippen LogP contribution in [0.2, 0.25) is 0 Å². The Morgan fingerprint density at radius 2 is 1.93 bits per heavy atom. The molecule has 0 N–H and O–H groups in total. The zero-order valence-electron chi connectivity index (χ0n) is 7.34. The van der Waals surface area contributed by atoms with Gasteiger partial charge in [0, 0.05) is 5.56 Å². The van der Waals surface area contributed by atoms with Crippen LogP contribution in [-0.4, -0.2) is 4.98 Å². The van der Waals surface area contributed by atoms with Gasteiger partial charge in [-0.05, 0) is 6.07 Å². The number of pyridine rings is 1. The summed E-state index contributed by atoms with van der Waals surface area (Å²) in [6.45, 7) is 0. The maximum absolute atomic E-state index is 12.2. The number of hydrogen-bond acceptors (Lipinski definition) is 3. The topological polar surface area (TPSA) is 60.5 Å². The van der Waals surface area contributed by atoms with Crippen molar-refractivity contribution in [2.24, 2.45) is 0 Å². The van der Waals surface area contributed by atoms with Crippen LogP contribution in [0.5, 0.6) is 0 Å². The molecule has 0 aliphatic rings. The Bertz CT molecular complexity index is 451. The molecule has 0 aliphatic heterocycles. The quantitative estimate of drug-likeness (QED) is 0.714. The van der Waals surface area contributed by atoms with E-state index < -0.39 is 11.9 Å². The van der Waals surface area contributed by atoms with Gasteiger partial charge in [0.1, 0.15) is 17.5 Å². The van der Waals surface area contributed by atoms with Crippen molar-refractivity contribution in [3.63, 3.8) is 0 Å². The van der Waals surface area contributed by atoms with E-state index in [1.54, 1.807) is 6.07 Å². The SMILES string of the molecule is N#CCc1ccc(C(F)(F)F)nc1C#N. The Hall–Kier alpha value is -2.08. The largest absolute Gasteiger partial charge is 0.433 e. The molecular formula is C9H4F3N3. The molecule has 0 aromatic carbocycles. The average Bonchev–Trinajstić information content (AvgIpc) is 2.17. The molecule has 6 heteroatoms. The minimum absolute atomic E-state index is 0.131. The van der Waals surface area contributed by atoms with E-state index in [4.69, 9.17) is 10.5 Å². The van der Waals surface area contributed by atoms with Crippen molar-refractivity contribution < 1.29 is 13.2 Å².